The summed E-state index contributed by atoms with van der Waals surface area (Å²) in [6.45, 7) is 1.54. The lowest BCUT2D eigenvalue weighted by atomic mass is 9.99. The monoisotopic (exact) mass is 312 g/mol. The topological polar surface area (TPSA) is 103 Å². The van der Waals surface area contributed by atoms with Gasteiger partial charge in [0.05, 0.1) is 18.5 Å². The highest BCUT2D eigenvalue weighted by Gasteiger charge is 2.22. The molecule has 0 atom stereocenters. The molecule has 0 fully saturated rings. The first-order chi connectivity index (χ1) is 11.0. The van der Waals surface area contributed by atoms with Gasteiger partial charge >= 0.3 is 5.97 Å². The van der Waals surface area contributed by atoms with Crippen LogP contribution in [0.25, 0.3) is 0 Å². The van der Waals surface area contributed by atoms with Crippen molar-refractivity contribution in [3.05, 3.63) is 52.3 Å². The van der Waals surface area contributed by atoms with E-state index in [-0.39, 0.29) is 22.6 Å². The van der Waals surface area contributed by atoms with Gasteiger partial charge in [-0.05, 0) is 37.5 Å². The molecule has 1 heterocycles. The molecule has 0 spiro atoms. The molecular formula is C17H16N2O4. The molecule has 6 nitrogen and oxygen atoms in total. The molecule has 6 heteroatoms. The Hall–Kier alpha value is -3.07. The first kappa shape index (κ1) is 16.3. The first-order valence-corrected chi connectivity index (χ1v) is 6.96. The van der Waals surface area contributed by atoms with E-state index < -0.39 is 5.97 Å². The minimum atomic E-state index is -1.27. The van der Waals surface area contributed by atoms with Crippen LogP contribution >= 0.6 is 0 Å². The van der Waals surface area contributed by atoms with Crippen molar-refractivity contribution in [3.8, 4) is 17.6 Å². The van der Waals surface area contributed by atoms with Crippen molar-refractivity contribution >= 4 is 5.97 Å². The van der Waals surface area contributed by atoms with Crippen molar-refractivity contribution in [2.24, 2.45) is 0 Å². The van der Waals surface area contributed by atoms with Gasteiger partial charge in [-0.2, -0.15) is 5.26 Å². The number of methoxy groups -OCH3 is 1. The highest BCUT2D eigenvalue weighted by atomic mass is 16.5. The number of rotatable bonds is 5. The fourth-order valence-electron chi connectivity index (χ4n) is 2.33. The van der Waals surface area contributed by atoms with Gasteiger partial charge in [0.1, 0.15) is 22.9 Å². The number of ether oxygens (including phenoxy) is 1. The molecule has 1 aromatic heterocycles. The number of carboxylic acids is 1. The Balaban J connectivity index is 2.33. The molecule has 0 amide bonds. The number of aromatic carboxylic acids is 1. The summed E-state index contributed by atoms with van der Waals surface area (Å²) in [6.07, 6.45) is 0.913. The third-order valence-electron chi connectivity index (χ3n) is 3.56. The van der Waals surface area contributed by atoms with Gasteiger partial charge in [0.15, 0.2) is 5.75 Å². The molecule has 0 saturated carbocycles. The Morgan fingerprint density at radius 2 is 1.96 bits per heavy atom. The minimum Gasteiger partial charge on any atom is -0.505 e. The van der Waals surface area contributed by atoms with Crippen LogP contribution in [-0.2, 0) is 12.8 Å². The average molecular weight is 312 g/mol. The van der Waals surface area contributed by atoms with E-state index in [0.29, 0.717) is 18.5 Å². The summed E-state index contributed by atoms with van der Waals surface area (Å²) in [7, 11) is 1.58. The van der Waals surface area contributed by atoms with E-state index in [1.54, 1.807) is 20.1 Å². The molecular weight excluding hydrogens is 296 g/mol. The zero-order chi connectivity index (χ0) is 17.0. The van der Waals surface area contributed by atoms with Crippen LogP contribution in [0.5, 0.6) is 11.5 Å². The summed E-state index contributed by atoms with van der Waals surface area (Å²) in [5.74, 6) is -0.905. The number of carbonyl (C=O) groups is 1. The number of benzene rings is 1. The van der Waals surface area contributed by atoms with Crippen LogP contribution in [0.1, 0.15) is 32.9 Å². The van der Waals surface area contributed by atoms with E-state index in [2.05, 4.69) is 4.98 Å². The molecule has 0 radical (unpaired) electrons. The predicted octanol–water partition coefficient (Wildman–Crippen LogP) is 2.46. The summed E-state index contributed by atoms with van der Waals surface area (Å²) in [5, 5.41) is 28.3. The van der Waals surface area contributed by atoms with Crippen molar-refractivity contribution in [3.63, 3.8) is 0 Å². The highest BCUT2D eigenvalue weighted by molar-refractivity contribution is 5.93. The highest BCUT2D eigenvalue weighted by Crippen LogP contribution is 2.26. The number of pyridine rings is 1. The fraction of sp³-hybridized carbons (Fsp3) is 0.235. The van der Waals surface area contributed by atoms with Crippen molar-refractivity contribution in [1.29, 1.82) is 5.26 Å². The third-order valence-corrected chi connectivity index (χ3v) is 3.56. The van der Waals surface area contributed by atoms with Crippen molar-refractivity contribution in [1.82, 2.24) is 4.98 Å². The molecule has 0 unspecified atom stereocenters. The second-order valence-corrected chi connectivity index (χ2v) is 5.01. The van der Waals surface area contributed by atoms with E-state index in [0.717, 1.165) is 11.3 Å². The van der Waals surface area contributed by atoms with E-state index in [1.807, 2.05) is 24.3 Å². The Morgan fingerprint density at radius 1 is 1.30 bits per heavy atom. The van der Waals surface area contributed by atoms with E-state index in [9.17, 15) is 15.0 Å². The van der Waals surface area contributed by atoms with Crippen LogP contribution in [-0.4, -0.2) is 28.3 Å². The van der Waals surface area contributed by atoms with Crippen LogP contribution < -0.4 is 4.74 Å². The number of nitriles is 1. The molecule has 0 aliphatic rings. The van der Waals surface area contributed by atoms with Gasteiger partial charge < -0.3 is 14.9 Å². The van der Waals surface area contributed by atoms with E-state index in [4.69, 9.17) is 10.00 Å². The number of nitrogens with zero attached hydrogens (tertiary/aromatic N) is 2. The van der Waals surface area contributed by atoms with Crippen LogP contribution in [0.2, 0.25) is 0 Å². The lowest BCUT2D eigenvalue weighted by Crippen LogP contribution is -2.11. The number of carboxylic acid groups (broad SMARTS) is 1. The Bertz CT molecular complexity index is 777. The van der Waals surface area contributed by atoms with Gasteiger partial charge in [-0.15, -0.1) is 0 Å². The molecule has 0 bridgehead atoms. The molecule has 0 aliphatic heterocycles. The number of hydrogen-bond acceptors (Lipinski definition) is 5. The molecule has 1 aromatic carbocycles. The Labute approximate surface area is 133 Å². The lowest BCUT2D eigenvalue weighted by Gasteiger charge is -2.11. The van der Waals surface area contributed by atoms with Gasteiger partial charge in [-0.1, -0.05) is 12.1 Å². The van der Waals surface area contributed by atoms with Gasteiger partial charge in [0.2, 0.25) is 0 Å². The summed E-state index contributed by atoms with van der Waals surface area (Å²) in [5.41, 5.74) is 1.06. The van der Waals surface area contributed by atoms with Gasteiger partial charge in [0.25, 0.3) is 0 Å². The van der Waals surface area contributed by atoms with Gasteiger partial charge in [-0.25, -0.2) is 4.79 Å². The maximum absolute atomic E-state index is 11.4. The third kappa shape index (κ3) is 3.40. The Morgan fingerprint density at radius 3 is 2.48 bits per heavy atom. The number of hydrogen-bond donors (Lipinski definition) is 2. The van der Waals surface area contributed by atoms with E-state index >= 15 is 0 Å². The Kier molecular flexibility index (Phi) is 4.82. The largest absolute Gasteiger partial charge is 0.505 e. The summed E-state index contributed by atoms with van der Waals surface area (Å²) >= 11 is 0. The number of aromatic hydroxyl groups is 1. The summed E-state index contributed by atoms with van der Waals surface area (Å²) in [6, 6.07) is 9.17. The van der Waals surface area contributed by atoms with E-state index in [1.165, 1.54) is 0 Å². The zero-order valence-electron chi connectivity index (χ0n) is 12.8. The second kappa shape index (κ2) is 6.79. The number of aromatic nitrogens is 1. The summed E-state index contributed by atoms with van der Waals surface area (Å²) < 4.78 is 5.09. The standard InChI is InChI=1S/C17H16N2O4/c1-10-16(20)13(9-18)15(17(21)22)14(19-10)8-5-11-3-6-12(23-2)7-4-11/h3-4,6-7,20H,5,8H2,1-2H3,(H,21,22). The second-order valence-electron chi connectivity index (χ2n) is 5.01. The quantitative estimate of drug-likeness (QED) is 0.879. The maximum atomic E-state index is 11.4. The van der Waals surface area contributed by atoms with Crippen molar-refractivity contribution in [2.75, 3.05) is 7.11 Å². The average Bonchev–Trinajstić information content (AvgIpc) is 2.55. The van der Waals surface area contributed by atoms with Crippen molar-refractivity contribution < 1.29 is 19.7 Å². The molecule has 2 aromatic rings. The minimum absolute atomic E-state index is 0.232. The van der Waals surface area contributed by atoms with Crippen LogP contribution in [0.3, 0.4) is 0 Å². The van der Waals surface area contributed by atoms with Crippen LogP contribution in [0.15, 0.2) is 24.3 Å². The van der Waals surface area contributed by atoms with Gasteiger partial charge in [-0.3, -0.25) is 4.98 Å². The SMILES string of the molecule is COc1ccc(CCc2nc(C)c(O)c(C#N)c2C(=O)O)cc1. The van der Waals surface area contributed by atoms with Crippen LogP contribution in [0, 0.1) is 18.3 Å². The van der Waals surface area contributed by atoms with Crippen molar-refractivity contribution in [2.45, 2.75) is 19.8 Å². The van der Waals surface area contributed by atoms with Crippen LogP contribution in [0.4, 0.5) is 0 Å². The summed E-state index contributed by atoms with van der Waals surface area (Å²) in [4.78, 5) is 15.6. The molecule has 118 valence electrons. The zero-order valence-corrected chi connectivity index (χ0v) is 12.8. The fourth-order valence-corrected chi connectivity index (χ4v) is 2.33. The molecule has 23 heavy (non-hydrogen) atoms. The molecule has 0 saturated heterocycles. The predicted molar refractivity (Wildman–Crippen MR) is 82.7 cm³/mol. The molecule has 2 rings (SSSR count). The normalized spacial score (nSPS) is 10.1. The smallest absolute Gasteiger partial charge is 0.339 e. The first-order valence-electron chi connectivity index (χ1n) is 6.96. The van der Waals surface area contributed by atoms with Gasteiger partial charge in [0, 0.05) is 0 Å². The molecule has 0 aliphatic carbocycles. The lowest BCUT2D eigenvalue weighted by molar-refractivity contribution is 0.0694. The maximum Gasteiger partial charge on any atom is 0.339 e. The number of aryl methyl sites for hydroxylation is 3. The molecule has 2 N–H and O–H groups in total.